The van der Waals surface area contributed by atoms with Gasteiger partial charge in [0.1, 0.15) is 5.78 Å². The van der Waals surface area contributed by atoms with Gasteiger partial charge in [-0.15, -0.1) is 0 Å². The Morgan fingerprint density at radius 1 is 1.43 bits per heavy atom. The minimum absolute atomic E-state index is 0.230. The minimum Gasteiger partial charge on any atom is -0.298 e. The lowest BCUT2D eigenvalue weighted by molar-refractivity contribution is -0.115. The molecule has 0 aromatic heterocycles. The van der Waals surface area contributed by atoms with Crippen molar-refractivity contribution in [2.24, 2.45) is 0 Å². The summed E-state index contributed by atoms with van der Waals surface area (Å²) in [4.78, 5) is 11.2. The van der Waals surface area contributed by atoms with Crippen LogP contribution in [0.25, 0.3) is 0 Å². The van der Waals surface area contributed by atoms with Gasteiger partial charge in [0, 0.05) is 6.42 Å². The number of alkyl halides is 1. The Hall–Kier alpha value is -0.630. The summed E-state index contributed by atoms with van der Waals surface area (Å²) in [6.07, 6.45) is 1.59. The molecule has 0 atom stereocenters. The molecule has 76 valence electrons. The summed E-state index contributed by atoms with van der Waals surface area (Å²) in [6.45, 7) is 4.24. The van der Waals surface area contributed by atoms with E-state index < -0.39 is 0 Å². The van der Waals surface area contributed by atoms with Crippen molar-refractivity contribution >= 4 is 21.7 Å². The van der Waals surface area contributed by atoms with Gasteiger partial charge < -0.3 is 0 Å². The number of aryl methyl sites for hydroxylation is 2. The zero-order chi connectivity index (χ0) is 10.6. The average molecular weight is 255 g/mol. The van der Waals surface area contributed by atoms with Crippen molar-refractivity contribution in [2.45, 2.75) is 26.7 Å². The third-order valence-corrected chi connectivity index (χ3v) is 2.96. The minimum atomic E-state index is 0.230. The SMILES string of the molecule is CCc1ccc(CC(=O)CBr)cc1C. The Balaban J connectivity index is 2.81. The van der Waals surface area contributed by atoms with Crippen LogP contribution in [0, 0.1) is 6.92 Å². The highest BCUT2D eigenvalue weighted by molar-refractivity contribution is 9.09. The van der Waals surface area contributed by atoms with Crippen LogP contribution < -0.4 is 0 Å². The highest BCUT2D eigenvalue weighted by Gasteiger charge is 2.03. The van der Waals surface area contributed by atoms with Crippen LogP contribution in [0.1, 0.15) is 23.6 Å². The number of hydrogen-bond donors (Lipinski definition) is 0. The second-order valence-corrected chi connectivity index (χ2v) is 4.02. The molecule has 0 saturated heterocycles. The topological polar surface area (TPSA) is 17.1 Å². The normalized spacial score (nSPS) is 10.2. The van der Waals surface area contributed by atoms with Gasteiger partial charge >= 0.3 is 0 Å². The van der Waals surface area contributed by atoms with Crippen LogP contribution in [0.15, 0.2) is 18.2 Å². The van der Waals surface area contributed by atoms with E-state index in [1.807, 2.05) is 6.07 Å². The average Bonchev–Trinajstić information content (AvgIpc) is 2.18. The Labute approximate surface area is 93.7 Å². The molecule has 0 fully saturated rings. The van der Waals surface area contributed by atoms with Crippen molar-refractivity contribution < 1.29 is 4.79 Å². The van der Waals surface area contributed by atoms with Gasteiger partial charge in [0.25, 0.3) is 0 Å². The van der Waals surface area contributed by atoms with Crippen molar-refractivity contribution in [1.82, 2.24) is 0 Å². The summed E-state index contributed by atoms with van der Waals surface area (Å²) in [5, 5.41) is 0.446. The van der Waals surface area contributed by atoms with Crippen LogP contribution in [0.4, 0.5) is 0 Å². The van der Waals surface area contributed by atoms with E-state index in [0.29, 0.717) is 11.8 Å². The lowest BCUT2D eigenvalue weighted by atomic mass is 10.0. The molecule has 14 heavy (non-hydrogen) atoms. The first kappa shape index (κ1) is 11.4. The van der Waals surface area contributed by atoms with E-state index >= 15 is 0 Å². The number of rotatable bonds is 4. The number of halogens is 1. The molecule has 0 aliphatic rings. The van der Waals surface area contributed by atoms with E-state index in [9.17, 15) is 4.79 Å². The third kappa shape index (κ3) is 2.95. The summed E-state index contributed by atoms with van der Waals surface area (Å²) in [6, 6.07) is 6.28. The quantitative estimate of drug-likeness (QED) is 0.756. The summed E-state index contributed by atoms with van der Waals surface area (Å²) in [5.74, 6) is 0.230. The fraction of sp³-hybridized carbons (Fsp3) is 0.417. The molecular formula is C12H15BrO. The smallest absolute Gasteiger partial charge is 0.147 e. The number of carbonyl (C=O) groups excluding carboxylic acids is 1. The van der Waals surface area contributed by atoms with E-state index in [2.05, 4.69) is 41.9 Å². The summed E-state index contributed by atoms with van der Waals surface area (Å²) in [5.41, 5.74) is 3.76. The highest BCUT2D eigenvalue weighted by atomic mass is 79.9. The van der Waals surface area contributed by atoms with E-state index in [1.165, 1.54) is 11.1 Å². The van der Waals surface area contributed by atoms with Crippen LogP contribution in [0.5, 0.6) is 0 Å². The van der Waals surface area contributed by atoms with Crippen LogP contribution in [-0.4, -0.2) is 11.1 Å². The molecule has 0 unspecified atom stereocenters. The molecule has 0 saturated carbocycles. The predicted molar refractivity (Wildman–Crippen MR) is 63.1 cm³/mol. The van der Waals surface area contributed by atoms with E-state index in [1.54, 1.807) is 0 Å². The van der Waals surface area contributed by atoms with Crippen molar-refractivity contribution in [1.29, 1.82) is 0 Å². The summed E-state index contributed by atoms with van der Waals surface area (Å²) in [7, 11) is 0. The molecule has 0 amide bonds. The Morgan fingerprint density at radius 3 is 2.64 bits per heavy atom. The van der Waals surface area contributed by atoms with Crippen molar-refractivity contribution in [3.05, 3.63) is 34.9 Å². The highest BCUT2D eigenvalue weighted by Crippen LogP contribution is 2.12. The first-order chi connectivity index (χ1) is 6.67. The van der Waals surface area contributed by atoms with Gasteiger partial charge in [0.05, 0.1) is 5.33 Å². The molecule has 0 radical (unpaired) electrons. The Bertz CT molecular complexity index is 331. The standard InChI is InChI=1S/C12H15BrO/c1-3-11-5-4-10(6-9(11)2)7-12(14)8-13/h4-6H,3,7-8H2,1-2H3. The molecular weight excluding hydrogens is 240 g/mol. The van der Waals surface area contributed by atoms with Crippen LogP contribution in [0.3, 0.4) is 0 Å². The van der Waals surface area contributed by atoms with Gasteiger partial charge in [-0.05, 0) is 30.0 Å². The summed E-state index contributed by atoms with van der Waals surface area (Å²) < 4.78 is 0. The van der Waals surface area contributed by atoms with Crippen LogP contribution in [0.2, 0.25) is 0 Å². The number of benzene rings is 1. The predicted octanol–water partition coefficient (Wildman–Crippen LogP) is 3.06. The van der Waals surface area contributed by atoms with Crippen LogP contribution >= 0.6 is 15.9 Å². The molecule has 0 aliphatic carbocycles. The first-order valence-corrected chi connectivity index (χ1v) is 5.95. The van der Waals surface area contributed by atoms with Gasteiger partial charge in [0.2, 0.25) is 0 Å². The van der Waals surface area contributed by atoms with Gasteiger partial charge in [-0.3, -0.25) is 4.79 Å². The molecule has 2 heteroatoms. The van der Waals surface area contributed by atoms with Gasteiger partial charge in [-0.1, -0.05) is 41.1 Å². The molecule has 0 aliphatic heterocycles. The number of hydrogen-bond acceptors (Lipinski definition) is 1. The van der Waals surface area contributed by atoms with E-state index in [0.717, 1.165) is 12.0 Å². The molecule has 0 spiro atoms. The fourth-order valence-electron chi connectivity index (χ4n) is 1.54. The maximum Gasteiger partial charge on any atom is 0.147 e. The Morgan fingerprint density at radius 2 is 2.14 bits per heavy atom. The molecule has 0 heterocycles. The zero-order valence-electron chi connectivity index (χ0n) is 8.64. The maximum atomic E-state index is 11.2. The molecule has 1 aromatic rings. The van der Waals surface area contributed by atoms with Crippen molar-refractivity contribution in [2.75, 3.05) is 5.33 Å². The number of Topliss-reactive ketones (excluding diaryl/α,β-unsaturated/α-hetero) is 1. The lowest BCUT2D eigenvalue weighted by Gasteiger charge is -2.05. The van der Waals surface area contributed by atoms with E-state index in [4.69, 9.17) is 0 Å². The Kier molecular flexibility index (Phi) is 4.33. The molecule has 1 rings (SSSR count). The largest absolute Gasteiger partial charge is 0.298 e. The lowest BCUT2D eigenvalue weighted by Crippen LogP contribution is -2.03. The molecule has 1 aromatic carbocycles. The number of ketones is 1. The fourth-order valence-corrected chi connectivity index (χ4v) is 1.74. The van der Waals surface area contributed by atoms with Crippen molar-refractivity contribution in [3.63, 3.8) is 0 Å². The van der Waals surface area contributed by atoms with Gasteiger partial charge in [0.15, 0.2) is 0 Å². The summed E-state index contributed by atoms with van der Waals surface area (Å²) >= 11 is 3.17. The second-order valence-electron chi connectivity index (χ2n) is 3.46. The monoisotopic (exact) mass is 254 g/mol. The third-order valence-electron chi connectivity index (χ3n) is 2.34. The zero-order valence-corrected chi connectivity index (χ0v) is 10.2. The molecule has 0 bridgehead atoms. The van der Waals surface area contributed by atoms with Crippen LogP contribution in [-0.2, 0) is 17.6 Å². The van der Waals surface area contributed by atoms with E-state index in [-0.39, 0.29) is 5.78 Å². The van der Waals surface area contributed by atoms with Gasteiger partial charge in [-0.2, -0.15) is 0 Å². The molecule has 1 nitrogen and oxygen atoms in total. The van der Waals surface area contributed by atoms with Crippen molar-refractivity contribution in [3.8, 4) is 0 Å². The maximum absolute atomic E-state index is 11.2. The molecule has 0 N–H and O–H groups in total. The van der Waals surface area contributed by atoms with Gasteiger partial charge in [-0.25, -0.2) is 0 Å². The first-order valence-electron chi connectivity index (χ1n) is 4.83. The second kappa shape index (κ2) is 5.30. The number of carbonyl (C=O) groups is 1.